The first-order chi connectivity index (χ1) is 8.38. The van der Waals surface area contributed by atoms with Crippen LogP contribution in [0.15, 0.2) is 17.0 Å². The van der Waals surface area contributed by atoms with Crippen LogP contribution >= 0.6 is 0 Å². The van der Waals surface area contributed by atoms with E-state index in [-0.39, 0.29) is 6.54 Å². The third-order valence-corrected chi connectivity index (χ3v) is 3.64. The zero-order chi connectivity index (χ0) is 13.8. The van der Waals surface area contributed by atoms with Crippen LogP contribution in [0, 0.1) is 17.5 Å². The Kier molecular flexibility index (Phi) is 5.12. The summed E-state index contributed by atoms with van der Waals surface area (Å²) in [5.74, 6) is -4.07. The van der Waals surface area contributed by atoms with Gasteiger partial charge in [0.25, 0.3) is 0 Å². The highest BCUT2D eigenvalue weighted by Crippen LogP contribution is 2.19. The van der Waals surface area contributed by atoms with Crippen molar-refractivity contribution >= 4 is 10.0 Å². The molecule has 1 rings (SSSR count). The van der Waals surface area contributed by atoms with Crippen LogP contribution in [-0.4, -0.2) is 28.6 Å². The molecule has 18 heavy (non-hydrogen) atoms. The Morgan fingerprint density at radius 2 is 1.67 bits per heavy atom. The van der Waals surface area contributed by atoms with Crippen molar-refractivity contribution in [2.45, 2.75) is 11.3 Å². The summed E-state index contributed by atoms with van der Waals surface area (Å²) in [6.45, 7) is 0.580. The fourth-order valence-corrected chi connectivity index (χ4v) is 2.52. The average molecular weight is 282 g/mol. The van der Waals surface area contributed by atoms with Crippen LogP contribution < -0.4 is 10.0 Å². The summed E-state index contributed by atoms with van der Waals surface area (Å²) in [4.78, 5) is -1.16. The van der Waals surface area contributed by atoms with Crippen LogP contribution in [0.1, 0.15) is 6.42 Å². The Balaban J connectivity index is 2.92. The van der Waals surface area contributed by atoms with E-state index in [4.69, 9.17) is 0 Å². The quantitative estimate of drug-likeness (QED) is 0.765. The van der Waals surface area contributed by atoms with E-state index in [0.717, 1.165) is 0 Å². The first-order valence-electron chi connectivity index (χ1n) is 5.17. The van der Waals surface area contributed by atoms with E-state index in [1.165, 1.54) is 0 Å². The Morgan fingerprint density at radius 3 is 2.17 bits per heavy atom. The van der Waals surface area contributed by atoms with E-state index >= 15 is 0 Å². The summed E-state index contributed by atoms with van der Waals surface area (Å²) < 4.78 is 64.5. The summed E-state index contributed by atoms with van der Waals surface area (Å²) in [6.07, 6.45) is 0.458. The van der Waals surface area contributed by atoms with Crippen LogP contribution in [0.25, 0.3) is 0 Å². The highest BCUT2D eigenvalue weighted by molar-refractivity contribution is 7.89. The number of hydrogen-bond donors (Lipinski definition) is 2. The van der Waals surface area contributed by atoms with Gasteiger partial charge in [0, 0.05) is 18.7 Å². The topological polar surface area (TPSA) is 58.2 Å². The Morgan fingerprint density at radius 1 is 1.11 bits per heavy atom. The van der Waals surface area contributed by atoms with E-state index in [2.05, 4.69) is 5.32 Å². The monoisotopic (exact) mass is 282 g/mol. The molecule has 4 nitrogen and oxygen atoms in total. The molecule has 0 aliphatic heterocycles. The number of rotatable bonds is 6. The zero-order valence-electron chi connectivity index (χ0n) is 9.63. The first kappa shape index (κ1) is 14.9. The fourth-order valence-electron chi connectivity index (χ4n) is 1.33. The molecule has 0 saturated carbocycles. The Labute approximate surface area is 103 Å². The van der Waals surface area contributed by atoms with E-state index < -0.39 is 32.4 Å². The largest absolute Gasteiger partial charge is 0.320 e. The summed E-state index contributed by atoms with van der Waals surface area (Å²) in [5, 5.41) is 2.79. The molecule has 0 aliphatic rings. The number of hydrogen-bond acceptors (Lipinski definition) is 3. The molecule has 0 unspecified atom stereocenters. The van der Waals surface area contributed by atoms with Crippen LogP contribution in [0.3, 0.4) is 0 Å². The van der Waals surface area contributed by atoms with Crippen molar-refractivity contribution in [3.05, 3.63) is 29.6 Å². The predicted molar refractivity (Wildman–Crippen MR) is 60.0 cm³/mol. The second kappa shape index (κ2) is 6.17. The third kappa shape index (κ3) is 3.69. The van der Waals surface area contributed by atoms with E-state index in [0.29, 0.717) is 25.1 Å². The predicted octanol–water partition coefficient (Wildman–Crippen LogP) is 0.992. The minimum Gasteiger partial charge on any atom is -0.320 e. The van der Waals surface area contributed by atoms with E-state index in [1.54, 1.807) is 7.05 Å². The SMILES string of the molecule is CNCCCNS(=O)(=O)c1c(F)cc(F)cc1F. The van der Waals surface area contributed by atoms with E-state index in [9.17, 15) is 21.6 Å². The van der Waals surface area contributed by atoms with Crippen molar-refractivity contribution in [1.82, 2.24) is 10.0 Å². The highest BCUT2D eigenvalue weighted by Gasteiger charge is 2.24. The molecule has 2 N–H and O–H groups in total. The van der Waals surface area contributed by atoms with Gasteiger partial charge in [-0.3, -0.25) is 0 Å². The standard InChI is InChI=1S/C10H13F3N2O2S/c1-14-3-2-4-15-18(16,17)10-8(12)5-7(11)6-9(10)13/h5-6,14-15H,2-4H2,1H3. The third-order valence-electron chi connectivity index (χ3n) is 2.13. The van der Waals surface area contributed by atoms with Gasteiger partial charge >= 0.3 is 0 Å². The van der Waals surface area contributed by atoms with E-state index in [1.807, 2.05) is 4.72 Å². The van der Waals surface area contributed by atoms with Gasteiger partial charge in [0.15, 0.2) is 4.90 Å². The molecule has 8 heteroatoms. The molecule has 1 aromatic rings. The molecule has 0 amide bonds. The normalized spacial score (nSPS) is 11.8. The molecule has 102 valence electrons. The maximum absolute atomic E-state index is 13.3. The lowest BCUT2D eigenvalue weighted by Crippen LogP contribution is -2.28. The molecule has 0 atom stereocenters. The lowest BCUT2D eigenvalue weighted by molar-refractivity contribution is 0.493. The van der Waals surface area contributed by atoms with Crippen molar-refractivity contribution in [2.24, 2.45) is 0 Å². The number of halogens is 3. The summed E-state index contributed by atoms with van der Waals surface area (Å²) in [5.41, 5.74) is 0. The maximum Gasteiger partial charge on any atom is 0.246 e. The van der Waals surface area contributed by atoms with Crippen LogP contribution in [0.5, 0.6) is 0 Å². The van der Waals surface area contributed by atoms with Crippen LogP contribution in [-0.2, 0) is 10.0 Å². The molecular formula is C10H13F3N2O2S. The molecular weight excluding hydrogens is 269 g/mol. The van der Waals surface area contributed by atoms with Crippen molar-refractivity contribution in [3.63, 3.8) is 0 Å². The minimum atomic E-state index is -4.31. The van der Waals surface area contributed by atoms with Gasteiger partial charge in [-0.1, -0.05) is 0 Å². The first-order valence-corrected chi connectivity index (χ1v) is 6.65. The Hall–Kier alpha value is -1.12. The molecule has 0 spiro atoms. The smallest absolute Gasteiger partial charge is 0.246 e. The number of sulfonamides is 1. The molecule has 0 aromatic heterocycles. The van der Waals surface area contributed by atoms with Crippen molar-refractivity contribution < 1.29 is 21.6 Å². The molecule has 1 aromatic carbocycles. The summed E-state index contributed by atoms with van der Waals surface area (Å²) in [7, 11) is -2.62. The van der Waals surface area contributed by atoms with Crippen molar-refractivity contribution in [2.75, 3.05) is 20.1 Å². The second-order valence-corrected chi connectivity index (χ2v) is 5.26. The molecule has 0 saturated heterocycles. The van der Waals surface area contributed by atoms with Gasteiger partial charge in [-0.05, 0) is 20.0 Å². The van der Waals surface area contributed by atoms with Crippen LogP contribution in [0.4, 0.5) is 13.2 Å². The van der Waals surface area contributed by atoms with Crippen molar-refractivity contribution in [3.8, 4) is 0 Å². The minimum absolute atomic E-state index is 0.0272. The van der Waals surface area contributed by atoms with Gasteiger partial charge in [0.2, 0.25) is 10.0 Å². The molecule has 0 bridgehead atoms. The molecule has 0 heterocycles. The molecule has 0 aliphatic carbocycles. The average Bonchev–Trinajstić information content (AvgIpc) is 2.22. The second-order valence-electron chi connectivity index (χ2n) is 3.55. The van der Waals surface area contributed by atoms with Gasteiger partial charge in [0.1, 0.15) is 17.5 Å². The fraction of sp³-hybridized carbons (Fsp3) is 0.400. The zero-order valence-corrected chi connectivity index (χ0v) is 10.5. The van der Waals surface area contributed by atoms with Gasteiger partial charge in [-0.25, -0.2) is 26.3 Å². The molecule has 0 fully saturated rings. The summed E-state index contributed by atoms with van der Waals surface area (Å²) in [6, 6.07) is 0.649. The van der Waals surface area contributed by atoms with Gasteiger partial charge < -0.3 is 5.32 Å². The number of benzene rings is 1. The van der Waals surface area contributed by atoms with Gasteiger partial charge in [0.05, 0.1) is 0 Å². The van der Waals surface area contributed by atoms with Crippen molar-refractivity contribution in [1.29, 1.82) is 0 Å². The summed E-state index contributed by atoms with van der Waals surface area (Å²) >= 11 is 0. The van der Waals surface area contributed by atoms with Crippen LogP contribution in [0.2, 0.25) is 0 Å². The number of nitrogens with one attached hydrogen (secondary N) is 2. The van der Waals surface area contributed by atoms with Gasteiger partial charge in [-0.15, -0.1) is 0 Å². The maximum atomic E-state index is 13.3. The lowest BCUT2D eigenvalue weighted by atomic mass is 10.3. The van der Waals surface area contributed by atoms with Gasteiger partial charge in [-0.2, -0.15) is 0 Å². The Bertz CT molecular complexity index is 497. The molecule has 0 radical (unpaired) electrons. The highest BCUT2D eigenvalue weighted by atomic mass is 32.2. The lowest BCUT2D eigenvalue weighted by Gasteiger charge is -2.08.